The fourth-order valence-corrected chi connectivity index (χ4v) is 1.60. The Morgan fingerprint density at radius 3 is 2.65 bits per heavy atom. The normalized spacial score (nSPS) is 11.5. The van der Waals surface area contributed by atoms with E-state index >= 15 is 0 Å². The molecule has 0 bridgehead atoms. The molecule has 8 heteroatoms. The molecule has 0 spiro atoms. The molecule has 0 aliphatic rings. The molecule has 0 heterocycles. The standard InChI is InChI=1S/C12H14N2O6/c1-7(5-11(15)16)13-12(17)9-6-8(14(18)19)3-4-10(9)20-2/h3-4,6-7H,5H2,1-2H3,(H,13,17)(H,15,16). The zero-order valence-corrected chi connectivity index (χ0v) is 11.0. The van der Waals surface area contributed by atoms with Gasteiger partial charge < -0.3 is 15.2 Å². The molecule has 108 valence electrons. The van der Waals surface area contributed by atoms with Crippen molar-refractivity contribution in [3.8, 4) is 5.75 Å². The number of ether oxygens (including phenoxy) is 1. The largest absolute Gasteiger partial charge is 0.496 e. The van der Waals surface area contributed by atoms with Gasteiger partial charge in [-0.1, -0.05) is 0 Å². The molecule has 0 saturated heterocycles. The van der Waals surface area contributed by atoms with E-state index in [2.05, 4.69) is 5.32 Å². The Bertz CT molecular complexity index is 543. The third kappa shape index (κ3) is 3.94. The number of hydrogen-bond donors (Lipinski definition) is 2. The number of benzene rings is 1. The van der Waals surface area contributed by atoms with Crippen LogP contribution in [-0.2, 0) is 4.79 Å². The van der Waals surface area contributed by atoms with Gasteiger partial charge in [0.15, 0.2) is 0 Å². The molecule has 2 N–H and O–H groups in total. The van der Waals surface area contributed by atoms with E-state index in [-0.39, 0.29) is 23.4 Å². The van der Waals surface area contributed by atoms with E-state index in [1.54, 1.807) is 0 Å². The quantitative estimate of drug-likeness (QED) is 0.597. The molecule has 1 rings (SSSR count). The van der Waals surface area contributed by atoms with E-state index in [1.165, 1.54) is 26.2 Å². The number of nitro groups is 1. The minimum Gasteiger partial charge on any atom is -0.496 e. The Kier molecular flexibility index (Phi) is 5.01. The summed E-state index contributed by atoms with van der Waals surface area (Å²) in [4.78, 5) is 32.6. The highest BCUT2D eigenvalue weighted by atomic mass is 16.6. The lowest BCUT2D eigenvalue weighted by Gasteiger charge is -2.13. The van der Waals surface area contributed by atoms with E-state index in [0.717, 1.165) is 6.07 Å². The molecule has 0 saturated carbocycles. The van der Waals surface area contributed by atoms with Gasteiger partial charge in [-0.3, -0.25) is 19.7 Å². The maximum absolute atomic E-state index is 12.0. The molecule has 0 aromatic heterocycles. The number of non-ortho nitro benzene ring substituents is 1. The van der Waals surface area contributed by atoms with E-state index in [9.17, 15) is 19.7 Å². The summed E-state index contributed by atoms with van der Waals surface area (Å²) in [6.45, 7) is 1.52. The van der Waals surface area contributed by atoms with Crippen molar-refractivity contribution in [3.63, 3.8) is 0 Å². The number of carboxylic acid groups (broad SMARTS) is 1. The third-order valence-electron chi connectivity index (χ3n) is 2.50. The van der Waals surface area contributed by atoms with Crippen molar-refractivity contribution < 1.29 is 24.4 Å². The summed E-state index contributed by atoms with van der Waals surface area (Å²) in [6.07, 6.45) is -0.247. The van der Waals surface area contributed by atoms with Crippen LogP contribution in [0.4, 0.5) is 5.69 Å². The van der Waals surface area contributed by atoms with E-state index in [0.29, 0.717) is 0 Å². The van der Waals surface area contributed by atoms with Crippen LogP contribution in [0.3, 0.4) is 0 Å². The van der Waals surface area contributed by atoms with Crippen LogP contribution in [0, 0.1) is 10.1 Å². The zero-order chi connectivity index (χ0) is 15.3. The van der Waals surface area contributed by atoms with Crippen molar-refractivity contribution >= 4 is 17.6 Å². The van der Waals surface area contributed by atoms with Gasteiger partial charge in [0.05, 0.1) is 24.0 Å². The van der Waals surface area contributed by atoms with Crippen LogP contribution in [0.5, 0.6) is 5.75 Å². The van der Waals surface area contributed by atoms with Crippen molar-refractivity contribution in [1.29, 1.82) is 0 Å². The highest BCUT2D eigenvalue weighted by Crippen LogP contribution is 2.24. The Hall–Kier alpha value is -2.64. The summed E-state index contributed by atoms with van der Waals surface area (Å²) in [5.41, 5.74) is -0.263. The Balaban J connectivity index is 2.98. The Morgan fingerprint density at radius 1 is 1.50 bits per heavy atom. The molecule has 1 aromatic carbocycles. The van der Waals surface area contributed by atoms with E-state index in [4.69, 9.17) is 9.84 Å². The van der Waals surface area contributed by atoms with Crippen molar-refractivity contribution in [2.45, 2.75) is 19.4 Å². The van der Waals surface area contributed by atoms with Crippen molar-refractivity contribution in [2.75, 3.05) is 7.11 Å². The van der Waals surface area contributed by atoms with Crippen LogP contribution >= 0.6 is 0 Å². The minimum absolute atomic E-state index is 0.0149. The van der Waals surface area contributed by atoms with Crippen LogP contribution < -0.4 is 10.1 Å². The molecular weight excluding hydrogens is 268 g/mol. The molecule has 1 unspecified atom stereocenters. The number of methoxy groups -OCH3 is 1. The minimum atomic E-state index is -1.05. The van der Waals surface area contributed by atoms with E-state index in [1.807, 2.05) is 0 Å². The lowest BCUT2D eigenvalue weighted by molar-refractivity contribution is -0.384. The first-order valence-electron chi connectivity index (χ1n) is 5.70. The second kappa shape index (κ2) is 6.50. The second-order valence-corrected chi connectivity index (χ2v) is 4.11. The second-order valence-electron chi connectivity index (χ2n) is 4.11. The first-order chi connectivity index (χ1) is 9.35. The topological polar surface area (TPSA) is 119 Å². The molecule has 0 aliphatic heterocycles. The highest BCUT2D eigenvalue weighted by Gasteiger charge is 2.19. The van der Waals surface area contributed by atoms with Gasteiger partial charge in [-0.2, -0.15) is 0 Å². The molecule has 0 radical (unpaired) electrons. The molecule has 1 amide bonds. The summed E-state index contributed by atoms with van der Waals surface area (Å²) < 4.78 is 4.96. The highest BCUT2D eigenvalue weighted by molar-refractivity contribution is 5.98. The first kappa shape index (κ1) is 15.4. The number of hydrogen-bond acceptors (Lipinski definition) is 5. The average molecular weight is 282 g/mol. The van der Waals surface area contributed by atoms with Gasteiger partial charge in [0, 0.05) is 18.2 Å². The lowest BCUT2D eigenvalue weighted by Crippen LogP contribution is -2.34. The van der Waals surface area contributed by atoms with Gasteiger partial charge >= 0.3 is 5.97 Å². The summed E-state index contributed by atoms with van der Waals surface area (Å²) in [5.74, 6) is -1.50. The van der Waals surface area contributed by atoms with Gasteiger partial charge in [-0.05, 0) is 13.0 Å². The van der Waals surface area contributed by atoms with Gasteiger partial charge in [0.1, 0.15) is 5.75 Å². The molecule has 0 aliphatic carbocycles. The number of carboxylic acids is 1. The summed E-state index contributed by atoms with van der Waals surface area (Å²) in [7, 11) is 1.33. The van der Waals surface area contributed by atoms with Gasteiger partial charge in [0.2, 0.25) is 0 Å². The molecule has 0 fully saturated rings. The molecule has 1 aromatic rings. The Labute approximate surface area is 114 Å². The summed E-state index contributed by atoms with van der Waals surface area (Å²) in [6, 6.07) is 3.01. The maximum Gasteiger partial charge on any atom is 0.305 e. The van der Waals surface area contributed by atoms with Crippen molar-refractivity contribution in [1.82, 2.24) is 5.32 Å². The van der Waals surface area contributed by atoms with Crippen LogP contribution in [0.1, 0.15) is 23.7 Å². The molecule has 20 heavy (non-hydrogen) atoms. The number of carbonyl (C=O) groups excluding carboxylic acids is 1. The monoisotopic (exact) mass is 282 g/mol. The Morgan fingerprint density at radius 2 is 2.15 bits per heavy atom. The fraction of sp³-hybridized carbons (Fsp3) is 0.333. The number of aliphatic carboxylic acids is 1. The third-order valence-corrected chi connectivity index (χ3v) is 2.50. The molecule has 1 atom stereocenters. The van der Waals surface area contributed by atoms with Crippen LogP contribution in [0.2, 0.25) is 0 Å². The number of amides is 1. The summed E-state index contributed by atoms with van der Waals surface area (Å²) >= 11 is 0. The number of carbonyl (C=O) groups is 2. The maximum atomic E-state index is 12.0. The summed E-state index contributed by atoms with van der Waals surface area (Å²) in [5, 5.41) is 21.8. The van der Waals surface area contributed by atoms with Crippen LogP contribution in [-0.4, -0.2) is 35.1 Å². The lowest BCUT2D eigenvalue weighted by atomic mass is 10.1. The van der Waals surface area contributed by atoms with Crippen LogP contribution in [0.15, 0.2) is 18.2 Å². The number of nitrogens with zero attached hydrogens (tertiary/aromatic N) is 1. The first-order valence-corrected chi connectivity index (χ1v) is 5.70. The number of rotatable bonds is 6. The van der Waals surface area contributed by atoms with E-state index < -0.39 is 22.8 Å². The smallest absolute Gasteiger partial charge is 0.305 e. The number of nitrogens with one attached hydrogen (secondary N) is 1. The van der Waals surface area contributed by atoms with Crippen molar-refractivity contribution in [2.24, 2.45) is 0 Å². The molecular formula is C12H14N2O6. The van der Waals surface area contributed by atoms with Crippen molar-refractivity contribution in [3.05, 3.63) is 33.9 Å². The predicted molar refractivity (Wildman–Crippen MR) is 68.8 cm³/mol. The number of nitro benzene ring substituents is 1. The van der Waals surface area contributed by atoms with Gasteiger partial charge in [0.25, 0.3) is 11.6 Å². The zero-order valence-electron chi connectivity index (χ0n) is 11.0. The van der Waals surface area contributed by atoms with Gasteiger partial charge in [-0.15, -0.1) is 0 Å². The van der Waals surface area contributed by atoms with Gasteiger partial charge in [-0.25, -0.2) is 0 Å². The van der Waals surface area contributed by atoms with Crippen LogP contribution in [0.25, 0.3) is 0 Å². The fourth-order valence-electron chi connectivity index (χ4n) is 1.60. The molecule has 8 nitrogen and oxygen atoms in total. The SMILES string of the molecule is COc1ccc([N+](=O)[O-])cc1C(=O)NC(C)CC(=O)O. The average Bonchev–Trinajstić information content (AvgIpc) is 2.36. The predicted octanol–water partition coefficient (Wildman–Crippen LogP) is 1.20.